The van der Waals surface area contributed by atoms with Crippen LogP contribution >= 0.6 is 23.2 Å². The van der Waals surface area contributed by atoms with Gasteiger partial charge in [-0.05, 0) is 24.3 Å². The van der Waals surface area contributed by atoms with Crippen LogP contribution in [0.25, 0.3) is 11.0 Å². The minimum Gasteiger partial charge on any atom is -0.352 e. The number of fused-ring (bicyclic) bond motifs is 1. The maximum atomic E-state index is 8.84. The normalized spacial score (nSPS) is 10.4. The lowest BCUT2D eigenvalue weighted by molar-refractivity contribution is 1.32. The zero-order valence-corrected chi connectivity index (χ0v) is 11.6. The number of nitrogens with one attached hydrogen (secondary N) is 2. The molecule has 20 heavy (non-hydrogen) atoms. The third kappa shape index (κ3) is 2.18. The quantitative estimate of drug-likeness (QED) is 0.733. The SMILES string of the molecule is N#Cc1ccc(Nc2c(Cl)cnc3[nH]ccc23)c(Cl)c1. The molecule has 2 N–H and O–H groups in total. The molecule has 0 aliphatic carbocycles. The molecule has 1 aromatic carbocycles. The summed E-state index contributed by atoms with van der Waals surface area (Å²) in [5.74, 6) is 0. The third-order valence-corrected chi connectivity index (χ3v) is 3.50. The van der Waals surface area contributed by atoms with Crippen LogP contribution in [0, 0.1) is 11.3 Å². The molecule has 4 nitrogen and oxygen atoms in total. The van der Waals surface area contributed by atoms with Crippen molar-refractivity contribution in [1.82, 2.24) is 9.97 Å². The van der Waals surface area contributed by atoms with Crippen LogP contribution in [-0.4, -0.2) is 9.97 Å². The van der Waals surface area contributed by atoms with E-state index < -0.39 is 0 Å². The highest BCUT2D eigenvalue weighted by molar-refractivity contribution is 6.36. The molecule has 0 saturated carbocycles. The number of nitrogens with zero attached hydrogens (tertiary/aromatic N) is 2. The minimum absolute atomic E-state index is 0.459. The first kappa shape index (κ1) is 12.8. The van der Waals surface area contributed by atoms with Gasteiger partial charge in [-0.2, -0.15) is 5.26 Å². The number of benzene rings is 1. The summed E-state index contributed by atoms with van der Waals surface area (Å²) < 4.78 is 0. The molecule has 0 bridgehead atoms. The highest BCUT2D eigenvalue weighted by atomic mass is 35.5. The van der Waals surface area contributed by atoms with Crippen molar-refractivity contribution >= 4 is 45.6 Å². The summed E-state index contributed by atoms with van der Waals surface area (Å²) in [4.78, 5) is 7.21. The van der Waals surface area contributed by atoms with E-state index in [1.165, 1.54) is 0 Å². The Morgan fingerprint density at radius 2 is 2.05 bits per heavy atom. The molecule has 6 heteroatoms. The van der Waals surface area contributed by atoms with Crippen LogP contribution < -0.4 is 5.32 Å². The molecule has 3 aromatic rings. The van der Waals surface area contributed by atoms with Crippen LogP contribution in [0.2, 0.25) is 10.0 Å². The fraction of sp³-hybridized carbons (Fsp3) is 0. The maximum absolute atomic E-state index is 8.84. The first-order valence-electron chi connectivity index (χ1n) is 5.77. The lowest BCUT2D eigenvalue weighted by Gasteiger charge is -2.11. The molecule has 0 aliphatic heterocycles. The number of pyridine rings is 1. The second kappa shape index (κ2) is 5.04. The molecule has 0 atom stereocenters. The fourth-order valence-corrected chi connectivity index (χ4v) is 2.36. The highest BCUT2D eigenvalue weighted by Crippen LogP contribution is 2.34. The van der Waals surface area contributed by atoms with Gasteiger partial charge in [0, 0.05) is 11.6 Å². The Labute approximate surface area is 125 Å². The summed E-state index contributed by atoms with van der Waals surface area (Å²) in [7, 11) is 0. The largest absolute Gasteiger partial charge is 0.352 e. The predicted molar refractivity (Wildman–Crippen MR) is 80.6 cm³/mol. The number of nitriles is 1. The Balaban J connectivity index is 2.07. The zero-order valence-electron chi connectivity index (χ0n) is 10.1. The molecule has 98 valence electrons. The summed E-state index contributed by atoms with van der Waals surface area (Å²) in [6.07, 6.45) is 3.36. The Morgan fingerprint density at radius 1 is 1.20 bits per heavy atom. The fourth-order valence-electron chi connectivity index (χ4n) is 1.93. The van der Waals surface area contributed by atoms with Crippen molar-refractivity contribution in [3.63, 3.8) is 0 Å². The van der Waals surface area contributed by atoms with Crippen LogP contribution in [0.5, 0.6) is 0 Å². The van der Waals surface area contributed by atoms with Gasteiger partial charge in [0.05, 0.1) is 39.2 Å². The number of hydrogen-bond donors (Lipinski definition) is 2. The van der Waals surface area contributed by atoms with E-state index in [0.717, 1.165) is 16.7 Å². The van der Waals surface area contributed by atoms with Gasteiger partial charge in [-0.15, -0.1) is 0 Å². The molecule has 0 fully saturated rings. The van der Waals surface area contributed by atoms with Gasteiger partial charge < -0.3 is 10.3 Å². The number of aromatic nitrogens is 2. The summed E-state index contributed by atoms with van der Waals surface area (Å²) in [6.45, 7) is 0. The van der Waals surface area contributed by atoms with E-state index in [1.807, 2.05) is 12.1 Å². The minimum atomic E-state index is 0.459. The van der Waals surface area contributed by atoms with E-state index in [-0.39, 0.29) is 0 Å². The summed E-state index contributed by atoms with van der Waals surface area (Å²) >= 11 is 12.3. The van der Waals surface area contributed by atoms with Gasteiger partial charge in [0.2, 0.25) is 0 Å². The summed E-state index contributed by atoms with van der Waals surface area (Å²) in [5, 5.41) is 13.9. The topological polar surface area (TPSA) is 64.5 Å². The Bertz CT molecular complexity index is 833. The van der Waals surface area contributed by atoms with E-state index in [4.69, 9.17) is 28.5 Å². The van der Waals surface area contributed by atoms with E-state index in [0.29, 0.717) is 21.3 Å². The first-order valence-corrected chi connectivity index (χ1v) is 6.53. The van der Waals surface area contributed by atoms with Crippen molar-refractivity contribution in [2.24, 2.45) is 0 Å². The van der Waals surface area contributed by atoms with Crippen LogP contribution in [-0.2, 0) is 0 Å². The Hall–Kier alpha value is -2.22. The van der Waals surface area contributed by atoms with E-state index in [9.17, 15) is 0 Å². The van der Waals surface area contributed by atoms with Crippen LogP contribution in [0.1, 0.15) is 5.56 Å². The highest BCUT2D eigenvalue weighted by Gasteiger charge is 2.10. The van der Waals surface area contributed by atoms with Gasteiger partial charge in [0.1, 0.15) is 5.65 Å². The monoisotopic (exact) mass is 302 g/mol. The number of rotatable bonds is 2. The van der Waals surface area contributed by atoms with E-state index in [2.05, 4.69) is 15.3 Å². The number of halogens is 2. The predicted octanol–water partition coefficient (Wildman–Crippen LogP) is 4.48. The van der Waals surface area contributed by atoms with E-state index >= 15 is 0 Å². The van der Waals surface area contributed by atoms with Gasteiger partial charge in [-0.3, -0.25) is 0 Å². The Morgan fingerprint density at radius 3 is 2.80 bits per heavy atom. The van der Waals surface area contributed by atoms with Crippen molar-refractivity contribution in [3.05, 3.63) is 52.3 Å². The molecule has 2 aromatic heterocycles. The smallest absolute Gasteiger partial charge is 0.139 e. The molecule has 0 aliphatic rings. The molecule has 0 radical (unpaired) electrons. The van der Waals surface area contributed by atoms with Crippen molar-refractivity contribution < 1.29 is 0 Å². The van der Waals surface area contributed by atoms with Crippen molar-refractivity contribution in [2.45, 2.75) is 0 Å². The molecule has 0 spiro atoms. The Kier molecular flexibility index (Phi) is 3.23. The van der Waals surface area contributed by atoms with Gasteiger partial charge in [-0.1, -0.05) is 23.2 Å². The first-order chi connectivity index (χ1) is 9.69. The number of anilines is 2. The van der Waals surface area contributed by atoms with Crippen LogP contribution in [0.4, 0.5) is 11.4 Å². The lowest BCUT2D eigenvalue weighted by atomic mass is 10.2. The molecule has 0 unspecified atom stereocenters. The second-order valence-electron chi connectivity index (χ2n) is 4.15. The number of aromatic amines is 1. The van der Waals surface area contributed by atoms with Crippen LogP contribution in [0.15, 0.2) is 36.7 Å². The molecule has 3 rings (SSSR count). The van der Waals surface area contributed by atoms with Gasteiger partial charge in [0.25, 0.3) is 0 Å². The van der Waals surface area contributed by atoms with E-state index in [1.54, 1.807) is 30.6 Å². The average Bonchev–Trinajstić information content (AvgIpc) is 2.92. The molecule has 0 saturated heterocycles. The number of H-pyrrole nitrogens is 1. The maximum Gasteiger partial charge on any atom is 0.139 e. The van der Waals surface area contributed by atoms with Gasteiger partial charge in [-0.25, -0.2) is 4.98 Å². The molecular weight excluding hydrogens is 295 g/mol. The zero-order chi connectivity index (χ0) is 14.1. The molecule has 2 heterocycles. The van der Waals surface area contributed by atoms with Gasteiger partial charge in [0.15, 0.2) is 0 Å². The second-order valence-corrected chi connectivity index (χ2v) is 4.97. The van der Waals surface area contributed by atoms with Gasteiger partial charge >= 0.3 is 0 Å². The summed E-state index contributed by atoms with van der Waals surface area (Å²) in [6, 6.07) is 8.97. The number of hydrogen-bond acceptors (Lipinski definition) is 3. The standard InChI is InChI=1S/C14H8Cl2N4/c15-10-5-8(6-17)1-2-12(10)20-13-9-3-4-18-14(9)19-7-11(13)16/h1-5,7H,(H2,18,19,20). The molecule has 0 amide bonds. The van der Waals surface area contributed by atoms with Crippen LogP contribution in [0.3, 0.4) is 0 Å². The average molecular weight is 303 g/mol. The van der Waals surface area contributed by atoms with Crippen molar-refractivity contribution in [2.75, 3.05) is 5.32 Å². The van der Waals surface area contributed by atoms with Crippen molar-refractivity contribution in [1.29, 1.82) is 5.26 Å². The lowest BCUT2D eigenvalue weighted by Crippen LogP contribution is -1.94. The summed E-state index contributed by atoms with van der Waals surface area (Å²) in [5.41, 5.74) is 2.65. The molecular formula is C14H8Cl2N4. The van der Waals surface area contributed by atoms with Crippen molar-refractivity contribution in [3.8, 4) is 6.07 Å². The third-order valence-electron chi connectivity index (χ3n) is 2.90.